The fraction of sp³-hybridized carbons (Fsp3) is 0.354. The van der Waals surface area contributed by atoms with E-state index in [0.717, 1.165) is 103 Å². The summed E-state index contributed by atoms with van der Waals surface area (Å²) in [6.07, 6.45) is 9.60. The fourth-order valence-corrected chi connectivity index (χ4v) is 7.72. The first-order chi connectivity index (χ1) is 28.9. The minimum Gasteiger partial charge on any atom is -0.494 e. The second-order valence-corrected chi connectivity index (χ2v) is 15.9. The Labute approximate surface area is 345 Å². The maximum absolute atomic E-state index is 14.0. The lowest BCUT2D eigenvalue weighted by atomic mass is 10.0. The zero-order chi connectivity index (χ0) is 40.6. The summed E-state index contributed by atoms with van der Waals surface area (Å²) in [6.45, 7) is 1.73. The average molecular weight is 793 g/mol. The van der Waals surface area contributed by atoms with Gasteiger partial charge in [-0.25, -0.2) is 4.98 Å². The minimum atomic E-state index is -0.723. The van der Waals surface area contributed by atoms with Crippen molar-refractivity contribution in [1.82, 2.24) is 30.8 Å². The third-order valence-electron chi connectivity index (χ3n) is 11.5. The molecule has 3 fully saturated rings. The predicted molar refractivity (Wildman–Crippen MR) is 226 cm³/mol. The molecule has 1 aliphatic heterocycles. The normalized spacial score (nSPS) is 17.2. The van der Waals surface area contributed by atoms with Gasteiger partial charge in [0.2, 0.25) is 23.6 Å². The molecule has 1 unspecified atom stereocenters. The molecule has 2 heterocycles. The number of hydrogen-bond acceptors (Lipinski definition) is 6. The number of nitrogens with zero attached hydrogens (tertiary/aromatic N) is 2. The van der Waals surface area contributed by atoms with Crippen molar-refractivity contribution in [3.8, 4) is 28.1 Å². The van der Waals surface area contributed by atoms with Gasteiger partial charge in [0.05, 0.1) is 24.5 Å². The van der Waals surface area contributed by atoms with Crippen LogP contribution in [0.5, 0.6) is 5.75 Å². The molecule has 11 nitrogen and oxygen atoms in total. The van der Waals surface area contributed by atoms with Crippen LogP contribution in [0.2, 0.25) is 0 Å². The molecule has 11 heteroatoms. The summed E-state index contributed by atoms with van der Waals surface area (Å²) in [5.41, 5.74) is 5.61. The van der Waals surface area contributed by atoms with E-state index in [2.05, 4.69) is 57.3 Å². The maximum atomic E-state index is 14.0. The Kier molecular flexibility index (Phi) is 12.5. The first-order valence-electron chi connectivity index (χ1n) is 21.1. The number of aromatic nitrogens is 2. The SMILES string of the molecule is O=C(NC(C(=O)NCCCCCOc1ccc(-c2ccc(-c3cnc([C@@H]4CCCN4C(=O)[C@H](NC(=O)C4CC4)c4ccccc4)[nH]3)cc2)cc1)c1ccccc1)C1CC1. The van der Waals surface area contributed by atoms with Crippen LogP contribution in [-0.4, -0.2) is 58.2 Å². The largest absolute Gasteiger partial charge is 0.494 e. The van der Waals surface area contributed by atoms with E-state index in [9.17, 15) is 19.2 Å². The average Bonchev–Trinajstić information content (AvgIpc) is 4.21. The van der Waals surface area contributed by atoms with Gasteiger partial charge < -0.3 is 30.6 Å². The van der Waals surface area contributed by atoms with Gasteiger partial charge in [-0.15, -0.1) is 0 Å². The predicted octanol–water partition coefficient (Wildman–Crippen LogP) is 7.61. The highest BCUT2D eigenvalue weighted by atomic mass is 16.5. The molecule has 3 aliphatic rings. The summed E-state index contributed by atoms with van der Waals surface area (Å²) >= 11 is 0. The van der Waals surface area contributed by atoms with Crippen LogP contribution in [0.25, 0.3) is 22.4 Å². The number of imidazole rings is 1. The smallest absolute Gasteiger partial charge is 0.250 e. The number of rotatable bonds is 18. The number of aromatic amines is 1. The number of carbonyl (C=O) groups is 4. The second-order valence-electron chi connectivity index (χ2n) is 15.9. The van der Waals surface area contributed by atoms with Crippen molar-refractivity contribution in [3.63, 3.8) is 0 Å². The molecule has 59 heavy (non-hydrogen) atoms. The molecule has 304 valence electrons. The van der Waals surface area contributed by atoms with Crippen molar-refractivity contribution in [3.05, 3.63) is 132 Å². The Hall–Kier alpha value is -6.23. The molecule has 1 aromatic heterocycles. The number of hydrogen-bond donors (Lipinski definition) is 4. The highest BCUT2D eigenvalue weighted by molar-refractivity contribution is 5.91. The van der Waals surface area contributed by atoms with Crippen LogP contribution in [0.3, 0.4) is 0 Å². The molecule has 0 bridgehead atoms. The summed E-state index contributed by atoms with van der Waals surface area (Å²) in [4.78, 5) is 62.3. The molecule has 8 rings (SSSR count). The lowest BCUT2D eigenvalue weighted by molar-refractivity contribution is -0.137. The van der Waals surface area contributed by atoms with Gasteiger partial charge in [0, 0.05) is 24.9 Å². The standard InChI is InChI=1S/C48H52N6O5/c55-45(37-20-21-37)52-42(35-11-4-1-5-12-35)47(57)49-28-8-3-9-30-59-39-26-24-33(25-27-39)32-16-18-34(19-17-32)40-31-50-44(51-40)41-15-10-29-54(41)48(58)43(36-13-6-2-7-14-36)53-46(56)38-22-23-38/h1-2,4-7,11-14,16-19,24-27,31,37-38,41-43H,3,8-10,15,20-23,28-30H2,(H,49,57)(H,50,51)(H,52,55)(H,53,56)/t41-,42?,43+/m0/s1. The number of H-pyrrole nitrogens is 1. The Bertz CT molecular complexity index is 2200. The zero-order valence-corrected chi connectivity index (χ0v) is 33.3. The van der Waals surface area contributed by atoms with E-state index in [1.54, 1.807) is 0 Å². The van der Waals surface area contributed by atoms with Crippen molar-refractivity contribution < 1.29 is 23.9 Å². The molecule has 0 spiro atoms. The van der Waals surface area contributed by atoms with Crippen molar-refractivity contribution in [1.29, 1.82) is 0 Å². The highest BCUT2D eigenvalue weighted by Gasteiger charge is 2.39. The summed E-state index contributed by atoms with van der Waals surface area (Å²) in [7, 11) is 0. The number of amides is 4. The Morgan fingerprint density at radius 2 is 1.25 bits per heavy atom. The van der Waals surface area contributed by atoms with Crippen LogP contribution in [0.4, 0.5) is 0 Å². The molecule has 0 radical (unpaired) electrons. The van der Waals surface area contributed by atoms with Gasteiger partial charge in [-0.2, -0.15) is 0 Å². The van der Waals surface area contributed by atoms with E-state index >= 15 is 0 Å². The van der Waals surface area contributed by atoms with Gasteiger partial charge in [0.1, 0.15) is 23.7 Å². The Balaban J connectivity index is 0.792. The van der Waals surface area contributed by atoms with Crippen molar-refractivity contribution in [2.45, 2.75) is 75.9 Å². The lowest BCUT2D eigenvalue weighted by Crippen LogP contribution is -2.43. The van der Waals surface area contributed by atoms with Crippen LogP contribution in [0.1, 0.15) is 92.9 Å². The van der Waals surface area contributed by atoms with Gasteiger partial charge in [-0.3, -0.25) is 19.2 Å². The maximum Gasteiger partial charge on any atom is 0.250 e. The molecule has 4 aromatic carbocycles. The first kappa shape index (κ1) is 39.6. The van der Waals surface area contributed by atoms with Gasteiger partial charge >= 0.3 is 0 Å². The van der Waals surface area contributed by atoms with Crippen LogP contribution < -0.4 is 20.7 Å². The van der Waals surface area contributed by atoms with E-state index < -0.39 is 12.1 Å². The minimum absolute atomic E-state index is 0.00682. The zero-order valence-electron chi connectivity index (χ0n) is 33.3. The Morgan fingerprint density at radius 3 is 1.88 bits per heavy atom. The number of ether oxygens (including phenoxy) is 1. The van der Waals surface area contributed by atoms with E-state index in [0.29, 0.717) is 19.7 Å². The Morgan fingerprint density at radius 1 is 0.678 bits per heavy atom. The number of likely N-dealkylation sites (tertiary alicyclic amines) is 1. The molecular weight excluding hydrogens is 741 g/mol. The number of benzene rings is 4. The summed E-state index contributed by atoms with van der Waals surface area (Å²) in [5.74, 6) is 1.21. The van der Waals surface area contributed by atoms with Gasteiger partial charge in [0.25, 0.3) is 0 Å². The van der Waals surface area contributed by atoms with Crippen molar-refractivity contribution >= 4 is 23.6 Å². The summed E-state index contributed by atoms with van der Waals surface area (Å²) < 4.78 is 6.01. The monoisotopic (exact) mass is 792 g/mol. The third kappa shape index (κ3) is 10.1. The molecule has 2 aliphatic carbocycles. The number of unbranched alkanes of at least 4 members (excludes halogenated alkanes) is 2. The lowest BCUT2D eigenvalue weighted by Gasteiger charge is -2.28. The van der Waals surface area contributed by atoms with Crippen LogP contribution in [0.15, 0.2) is 115 Å². The van der Waals surface area contributed by atoms with Gasteiger partial charge in [-0.1, -0.05) is 97.1 Å². The topological polar surface area (TPSA) is 146 Å². The van der Waals surface area contributed by atoms with Gasteiger partial charge in [0.15, 0.2) is 0 Å². The van der Waals surface area contributed by atoms with E-state index in [1.807, 2.05) is 83.9 Å². The van der Waals surface area contributed by atoms with Gasteiger partial charge in [-0.05, 0) is 97.7 Å². The molecule has 5 aromatic rings. The van der Waals surface area contributed by atoms with Crippen LogP contribution in [0, 0.1) is 11.8 Å². The van der Waals surface area contributed by atoms with Crippen molar-refractivity contribution in [2.24, 2.45) is 11.8 Å². The van der Waals surface area contributed by atoms with E-state index in [4.69, 9.17) is 9.72 Å². The fourth-order valence-electron chi connectivity index (χ4n) is 7.72. The molecular formula is C48H52N6O5. The molecule has 1 saturated heterocycles. The molecule has 3 atom stereocenters. The summed E-state index contributed by atoms with van der Waals surface area (Å²) in [6, 6.07) is 33.7. The quantitative estimate of drug-likeness (QED) is 0.0673. The van der Waals surface area contributed by atoms with E-state index in [1.165, 1.54) is 0 Å². The second kappa shape index (κ2) is 18.6. The molecule has 2 saturated carbocycles. The highest BCUT2D eigenvalue weighted by Crippen LogP contribution is 2.36. The number of nitrogens with one attached hydrogen (secondary N) is 4. The summed E-state index contributed by atoms with van der Waals surface area (Å²) in [5, 5.41) is 8.98. The number of carbonyl (C=O) groups excluding carboxylic acids is 4. The molecule has 4 amide bonds. The van der Waals surface area contributed by atoms with E-state index in [-0.39, 0.29) is 41.5 Å². The van der Waals surface area contributed by atoms with Crippen LogP contribution >= 0.6 is 0 Å². The van der Waals surface area contributed by atoms with Crippen molar-refractivity contribution in [2.75, 3.05) is 19.7 Å². The molecule has 4 N–H and O–H groups in total. The first-order valence-corrected chi connectivity index (χ1v) is 21.1. The third-order valence-corrected chi connectivity index (χ3v) is 11.5. The van der Waals surface area contributed by atoms with Crippen LogP contribution in [-0.2, 0) is 19.2 Å².